The van der Waals surface area contributed by atoms with Crippen LogP contribution in [0.15, 0.2) is 35.5 Å². The van der Waals surface area contributed by atoms with Crippen molar-refractivity contribution in [3.05, 3.63) is 35.9 Å². The van der Waals surface area contributed by atoms with Crippen LogP contribution in [0.5, 0.6) is 0 Å². The fraction of sp³-hybridized carbons (Fsp3) is 0.200. The molecule has 0 saturated carbocycles. The van der Waals surface area contributed by atoms with Gasteiger partial charge in [-0.25, -0.2) is 4.79 Å². The van der Waals surface area contributed by atoms with E-state index in [0.717, 1.165) is 12.1 Å². The molecule has 0 fully saturated rings. The zero-order valence-electron chi connectivity index (χ0n) is 8.92. The van der Waals surface area contributed by atoms with Gasteiger partial charge in [-0.1, -0.05) is 23.4 Å². The van der Waals surface area contributed by atoms with E-state index in [-0.39, 0.29) is 5.56 Å². The first-order valence-electron chi connectivity index (χ1n) is 4.61. The first-order valence-corrected chi connectivity index (χ1v) is 4.61. The Morgan fingerprint density at radius 2 is 1.42 bits per heavy atom. The standard InChI is InChI=1S/C10H5F6NO2/c11-9(12,13)8(10(14,15)16)17-19-7(18)6-4-2-1-3-5-6/h1-5H. The van der Waals surface area contributed by atoms with Crippen molar-refractivity contribution in [3.8, 4) is 0 Å². The summed E-state index contributed by atoms with van der Waals surface area (Å²) in [5.41, 5.74) is -3.36. The lowest BCUT2D eigenvalue weighted by atomic mass is 10.2. The van der Waals surface area contributed by atoms with Crippen molar-refractivity contribution >= 4 is 11.7 Å². The van der Waals surface area contributed by atoms with Crippen molar-refractivity contribution in [2.45, 2.75) is 12.4 Å². The van der Waals surface area contributed by atoms with Gasteiger partial charge in [-0.05, 0) is 12.1 Å². The molecule has 0 radical (unpaired) electrons. The number of alkyl halides is 6. The highest BCUT2D eigenvalue weighted by molar-refractivity contribution is 5.95. The van der Waals surface area contributed by atoms with Gasteiger partial charge in [0.05, 0.1) is 5.56 Å². The van der Waals surface area contributed by atoms with Gasteiger partial charge in [0.2, 0.25) is 0 Å². The fourth-order valence-corrected chi connectivity index (χ4v) is 0.978. The topological polar surface area (TPSA) is 38.7 Å². The quantitative estimate of drug-likeness (QED) is 0.362. The molecule has 1 aromatic rings. The molecule has 0 aliphatic heterocycles. The lowest BCUT2D eigenvalue weighted by molar-refractivity contribution is -0.121. The van der Waals surface area contributed by atoms with Crippen LogP contribution < -0.4 is 0 Å². The summed E-state index contributed by atoms with van der Waals surface area (Å²) in [7, 11) is 0. The van der Waals surface area contributed by atoms with Crippen LogP contribution in [-0.4, -0.2) is 24.0 Å². The highest BCUT2D eigenvalue weighted by Gasteiger charge is 2.54. The Bertz CT molecular complexity index is 461. The Labute approximate surface area is 102 Å². The summed E-state index contributed by atoms with van der Waals surface area (Å²) in [4.78, 5) is 14.8. The van der Waals surface area contributed by atoms with Gasteiger partial charge < -0.3 is 4.84 Å². The summed E-state index contributed by atoms with van der Waals surface area (Å²) in [5, 5.41) is 1.86. The molecule has 0 aromatic heterocycles. The van der Waals surface area contributed by atoms with E-state index in [1.54, 1.807) is 0 Å². The van der Waals surface area contributed by atoms with Gasteiger partial charge in [-0.3, -0.25) is 0 Å². The molecule has 3 nitrogen and oxygen atoms in total. The average Bonchev–Trinajstić information content (AvgIpc) is 2.26. The van der Waals surface area contributed by atoms with E-state index in [4.69, 9.17) is 0 Å². The third kappa shape index (κ3) is 4.27. The maximum atomic E-state index is 12.0. The van der Waals surface area contributed by atoms with Crippen LogP contribution in [-0.2, 0) is 4.84 Å². The second-order valence-electron chi connectivity index (χ2n) is 3.18. The zero-order chi connectivity index (χ0) is 14.7. The molecule has 0 aliphatic rings. The van der Waals surface area contributed by atoms with E-state index >= 15 is 0 Å². The minimum absolute atomic E-state index is 0.227. The van der Waals surface area contributed by atoms with Crippen molar-refractivity contribution in [1.82, 2.24) is 0 Å². The number of halogens is 6. The number of hydrogen-bond acceptors (Lipinski definition) is 3. The number of benzene rings is 1. The van der Waals surface area contributed by atoms with Crippen LogP contribution in [0.2, 0.25) is 0 Å². The highest BCUT2D eigenvalue weighted by atomic mass is 19.4. The fourth-order valence-electron chi connectivity index (χ4n) is 0.978. The molecule has 1 aromatic carbocycles. The predicted molar refractivity (Wildman–Crippen MR) is 51.4 cm³/mol. The molecular weight excluding hydrogens is 280 g/mol. The van der Waals surface area contributed by atoms with Crippen molar-refractivity contribution in [1.29, 1.82) is 0 Å². The number of oxime groups is 1. The predicted octanol–water partition coefficient (Wildman–Crippen LogP) is 3.32. The normalized spacial score (nSPS) is 11.9. The molecule has 0 saturated heterocycles. The van der Waals surface area contributed by atoms with Crippen LogP contribution in [0.1, 0.15) is 10.4 Å². The summed E-state index contributed by atoms with van der Waals surface area (Å²) in [6.45, 7) is 0. The lowest BCUT2D eigenvalue weighted by Crippen LogP contribution is -2.37. The summed E-state index contributed by atoms with van der Waals surface area (Å²) < 4.78 is 72.2. The first-order chi connectivity index (χ1) is 8.62. The molecule has 0 spiro atoms. The van der Waals surface area contributed by atoms with E-state index in [1.165, 1.54) is 18.2 Å². The SMILES string of the molecule is O=C(ON=C(C(F)(F)F)C(F)(F)F)c1ccccc1. The van der Waals surface area contributed by atoms with Crippen LogP contribution >= 0.6 is 0 Å². The van der Waals surface area contributed by atoms with E-state index in [2.05, 4.69) is 4.84 Å². The Morgan fingerprint density at radius 3 is 1.84 bits per heavy atom. The lowest BCUT2D eigenvalue weighted by Gasteiger charge is -2.12. The third-order valence-electron chi connectivity index (χ3n) is 1.77. The van der Waals surface area contributed by atoms with Crippen LogP contribution in [0.3, 0.4) is 0 Å². The molecule has 0 N–H and O–H groups in total. The summed E-state index contributed by atoms with van der Waals surface area (Å²) in [5.74, 6) is -1.42. The van der Waals surface area contributed by atoms with Crippen molar-refractivity contribution in [3.63, 3.8) is 0 Å². The monoisotopic (exact) mass is 285 g/mol. The van der Waals surface area contributed by atoms with Gasteiger partial charge in [-0.2, -0.15) is 26.3 Å². The van der Waals surface area contributed by atoms with E-state index in [9.17, 15) is 31.1 Å². The molecule has 0 unspecified atom stereocenters. The Balaban J connectivity index is 2.92. The van der Waals surface area contributed by atoms with Gasteiger partial charge in [0.25, 0.3) is 5.71 Å². The smallest absolute Gasteiger partial charge is 0.312 e. The highest BCUT2D eigenvalue weighted by Crippen LogP contribution is 2.30. The van der Waals surface area contributed by atoms with E-state index < -0.39 is 24.0 Å². The van der Waals surface area contributed by atoms with E-state index in [1.807, 2.05) is 5.16 Å². The average molecular weight is 285 g/mol. The van der Waals surface area contributed by atoms with Crippen LogP contribution in [0, 0.1) is 0 Å². The Kier molecular flexibility index (Phi) is 4.17. The molecule has 0 aliphatic carbocycles. The number of nitrogens with zero attached hydrogens (tertiary/aromatic N) is 1. The second kappa shape index (κ2) is 5.29. The van der Waals surface area contributed by atoms with Gasteiger partial charge in [0, 0.05) is 0 Å². The molecular formula is C10H5F6NO2. The van der Waals surface area contributed by atoms with Gasteiger partial charge in [0.15, 0.2) is 0 Å². The molecule has 0 heterocycles. The molecule has 0 atom stereocenters. The number of rotatable bonds is 2. The van der Waals surface area contributed by atoms with Crippen LogP contribution in [0.25, 0.3) is 0 Å². The minimum Gasteiger partial charge on any atom is -0.312 e. The molecule has 19 heavy (non-hydrogen) atoms. The van der Waals surface area contributed by atoms with E-state index in [0.29, 0.717) is 0 Å². The molecule has 104 valence electrons. The second-order valence-corrected chi connectivity index (χ2v) is 3.18. The number of hydrogen-bond donors (Lipinski definition) is 0. The van der Waals surface area contributed by atoms with Gasteiger partial charge >= 0.3 is 18.3 Å². The van der Waals surface area contributed by atoms with Gasteiger partial charge in [-0.15, -0.1) is 0 Å². The minimum atomic E-state index is -5.77. The van der Waals surface area contributed by atoms with Crippen molar-refractivity contribution in [2.24, 2.45) is 5.16 Å². The summed E-state index contributed by atoms with van der Waals surface area (Å²) in [6, 6.07) is 6.51. The van der Waals surface area contributed by atoms with Crippen LogP contribution in [0.4, 0.5) is 26.3 Å². The number of carbonyl (C=O) groups excluding carboxylic acids is 1. The summed E-state index contributed by atoms with van der Waals surface area (Å²) in [6.07, 6.45) is -11.5. The third-order valence-corrected chi connectivity index (χ3v) is 1.77. The Hall–Kier alpha value is -2.06. The molecule has 1 rings (SSSR count). The summed E-state index contributed by atoms with van der Waals surface area (Å²) >= 11 is 0. The molecule has 0 bridgehead atoms. The number of carbonyl (C=O) groups is 1. The zero-order valence-corrected chi connectivity index (χ0v) is 8.92. The van der Waals surface area contributed by atoms with Gasteiger partial charge in [0.1, 0.15) is 0 Å². The molecule has 0 amide bonds. The van der Waals surface area contributed by atoms with Crippen molar-refractivity contribution in [2.75, 3.05) is 0 Å². The first kappa shape index (κ1) is 15.0. The van der Waals surface area contributed by atoms with Crippen molar-refractivity contribution < 1.29 is 36.0 Å². The largest absolute Gasteiger partial charge is 0.441 e. The molecule has 9 heteroatoms. The Morgan fingerprint density at radius 1 is 0.947 bits per heavy atom. The maximum Gasteiger partial charge on any atom is 0.441 e. The maximum absolute atomic E-state index is 12.0.